The molecule has 2 heteroatoms. The lowest BCUT2D eigenvalue weighted by molar-refractivity contribution is 0.669. The molecule has 1 aliphatic rings. The van der Waals surface area contributed by atoms with Crippen molar-refractivity contribution in [2.24, 2.45) is 0 Å². The second-order valence-electron chi connectivity index (χ2n) is 14.3. The van der Waals surface area contributed by atoms with Gasteiger partial charge in [-0.3, -0.25) is 0 Å². The Balaban J connectivity index is 1.12. The van der Waals surface area contributed by atoms with E-state index in [4.69, 9.17) is 4.42 Å². The Kier molecular flexibility index (Phi) is 11.5. The normalized spacial score (nSPS) is 15.0. The number of rotatable bonds is 13. The fourth-order valence-corrected chi connectivity index (χ4v) is 7.72. The molecular weight excluding hydrogens is 691 g/mol. The van der Waals surface area contributed by atoms with Crippen LogP contribution in [-0.4, -0.2) is 0 Å². The smallest absolute Gasteiger partial charge is 0.135 e. The Morgan fingerprint density at radius 3 is 2.14 bits per heavy atom. The summed E-state index contributed by atoms with van der Waals surface area (Å²) in [5.74, 6) is 0.230. The molecule has 0 fully saturated rings. The average Bonchev–Trinajstić information content (AvgIpc) is 3.66. The summed E-state index contributed by atoms with van der Waals surface area (Å²) in [5, 5.41) is 2.29. The summed E-state index contributed by atoms with van der Waals surface area (Å²) in [4.78, 5) is 2.30. The van der Waals surface area contributed by atoms with E-state index < -0.39 is 0 Å². The van der Waals surface area contributed by atoms with Crippen molar-refractivity contribution in [2.45, 2.75) is 32.1 Å². The van der Waals surface area contributed by atoms with Crippen molar-refractivity contribution >= 4 is 44.3 Å². The molecule has 0 aliphatic heterocycles. The highest BCUT2D eigenvalue weighted by Crippen LogP contribution is 2.42. The molecule has 0 bridgehead atoms. The Hall–Kier alpha value is -6.90. The number of hydrogen-bond acceptors (Lipinski definition) is 2. The summed E-state index contributed by atoms with van der Waals surface area (Å²) in [6.45, 7) is 6.31. The highest BCUT2D eigenvalue weighted by Gasteiger charge is 2.21. The van der Waals surface area contributed by atoms with Gasteiger partial charge in [-0.05, 0) is 106 Å². The number of furan rings is 1. The highest BCUT2D eigenvalue weighted by atomic mass is 16.3. The molecule has 1 unspecified atom stereocenters. The molecule has 0 amide bonds. The fraction of sp³-hybridized carbons (Fsp3) is 0.0909. The summed E-state index contributed by atoms with van der Waals surface area (Å²) in [6, 6.07) is 55.8. The van der Waals surface area contributed by atoms with E-state index in [0.717, 1.165) is 58.0 Å². The van der Waals surface area contributed by atoms with Crippen molar-refractivity contribution in [3.05, 3.63) is 253 Å². The van der Waals surface area contributed by atoms with Crippen LogP contribution in [0.2, 0.25) is 0 Å². The van der Waals surface area contributed by atoms with Crippen LogP contribution in [0.15, 0.2) is 229 Å². The molecule has 1 aliphatic carbocycles. The minimum absolute atomic E-state index is 0.230. The maximum absolute atomic E-state index is 6.20. The standard InChI is InChI=1S/C55H47NO/c1-3-42(43-22-10-6-11-23-43)26-18-38-56(48(4-2)27-15-14-21-41-19-8-5-9-20-41)49-34-30-44(31-35-49)46-32-36-50(45-24-12-7-13-25-45)52(39-46)47-33-37-55-53(40-47)51-28-16-17-29-54(51)57-55/h3,5-20,22-31,33-40,46H,1,4,21,32H2,2H3/b15-14-,38-18+,42-26+,48-27+. The van der Waals surface area contributed by atoms with Gasteiger partial charge in [0.05, 0.1) is 0 Å². The van der Waals surface area contributed by atoms with Crippen molar-refractivity contribution in [1.29, 1.82) is 0 Å². The van der Waals surface area contributed by atoms with Gasteiger partial charge in [0.25, 0.3) is 0 Å². The number of fused-ring (bicyclic) bond motifs is 3. The van der Waals surface area contributed by atoms with Gasteiger partial charge in [0.2, 0.25) is 0 Å². The molecule has 1 atom stereocenters. The van der Waals surface area contributed by atoms with Crippen LogP contribution in [0.4, 0.5) is 5.69 Å². The van der Waals surface area contributed by atoms with Crippen molar-refractivity contribution in [2.75, 3.05) is 4.90 Å². The summed E-state index contributed by atoms with van der Waals surface area (Å²) < 4.78 is 6.20. The maximum Gasteiger partial charge on any atom is 0.135 e. The molecule has 0 saturated heterocycles. The third kappa shape index (κ3) is 8.52. The molecule has 0 saturated carbocycles. The van der Waals surface area contributed by atoms with Gasteiger partial charge in [0.15, 0.2) is 0 Å². The molecule has 0 spiro atoms. The van der Waals surface area contributed by atoms with Crippen LogP contribution < -0.4 is 4.90 Å². The van der Waals surface area contributed by atoms with Crippen LogP contribution >= 0.6 is 0 Å². The van der Waals surface area contributed by atoms with Crippen molar-refractivity contribution in [1.82, 2.24) is 0 Å². The maximum atomic E-state index is 6.20. The van der Waals surface area contributed by atoms with Gasteiger partial charge < -0.3 is 9.32 Å². The number of nitrogens with zero attached hydrogens (tertiary/aromatic N) is 1. The van der Waals surface area contributed by atoms with E-state index in [2.05, 4.69) is 207 Å². The Morgan fingerprint density at radius 1 is 0.684 bits per heavy atom. The van der Waals surface area contributed by atoms with E-state index in [-0.39, 0.29) is 5.92 Å². The quantitative estimate of drug-likeness (QED) is 0.110. The van der Waals surface area contributed by atoms with Gasteiger partial charge in [-0.15, -0.1) is 0 Å². The molecule has 278 valence electrons. The fourth-order valence-electron chi connectivity index (χ4n) is 7.72. The second-order valence-corrected chi connectivity index (χ2v) is 14.3. The van der Waals surface area contributed by atoms with Crippen LogP contribution in [-0.2, 0) is 6.42 Å². The summed E-state index contributed by atoms with van der Waals surface area (Å²) >= 11 is 0. The van der Waals surface area contributed by atoms with Gasteiger partial charge in [-0.1, -0.05) is 177 Å². The number of allylic oxidation sites excluding steroid dienone is 12. The molecule has 1 heterocycles. The largest absolute Gasteiger partial charge is 0.456 e. The average molecular weight is 738 g/mol. The van der Waals surface area contributed by atoms with Gasteiger partial charge in [0.1, 0.15) is 11.2 Å². The highest BCUT2D eigenvalue weighted by molar-refractivity contribution is 6.10. The molecule has 0 N–H and O–H groups in total. The Bertz CT molecular complexity index is 2650. The van der Waals surface area contributed by atoms with Gasteiger partial charge in [0, 0.05) is 34.3 Å². The molecule has 8 rings (SSSR count). The van der Waals surface area contributed by atoms with Gasteiger partial charge in [-0.2, -0.15) is 0 Å². The van der Waals surface area contributed by atoms with Crippen molar-refractivity contribution < 1.29 is 4.42 Å². The van der Waals surface area contributed by atoms with E-state index in [0.29, 0.717) is 0 Å². The van der Waals surface area contributed by atoms with E-state index in [1.54, 1.807) is 0 Å². The zero-order valence-electron chi connectivity index (χ0n) is 32.5. The summed E-state index contributed by atoms with van der Waals surface area (Å²) in [6.07, 6.45) is 22.6. The minimum Gasteiger partial charge on any atom is -0.456 e. The van der Waals surface area contributed by atoms with Crippen LogP contribution in [0.3, 0.4) is 0 Å². The molecule has 57 heavy (non-hydrogen) atoms. The van der Waals surface area contributed by atoms with Crippen molar-refractivity contribution in [3.8, 4) is 0 Å². The zero-order valence-corrected chi connectivity index (χ0v) is 32.5. The second kappa shape index (κ2) is 17.7. The van der Waals surface area contributed by atoms with E-state index in [1.807, 2.05) is 24.3 Å². The number of anilines is 1. The molecule has 0 radical (unpaired) electrons. The molecule has 1 aromatic heterocycles. The molecular formula is C55H47NO. The SMILES string of the molecule is C=C/C(=C\C=C\N(/C(=C/C=C\Cc1ccccc1)CC)c1ccc(C2C=C(c3ccc4oc5ccccc5c4c3)C(c3ccccc3)=CC2)cc1)c1ccccc1. The van der Waals surface area contributed by atoms with Crippen LogP contribution in [0, 0.1) is 0 Å². The first-order chi connectivity index (χ1) is 28.2. The number of hydrogen-bond donors (Lipinski definition) is 0. The first kappa shape index (κ1) is 37.0. The predicted octanol–water partition coefficient (Wildman–Crippen LogP) is 14.9. The minimum atomic E-state index is 0.230. The Morgan fingerprint density at radius 2 is 1.39 bits per heavy atom. The van der Waals surface area contributed by atoms with E-state index in [1.165, 1.54) is 39.1 Å². The number of para-hydroxylation sites is 1. The lowest BCUT2D eigenvalue weighted by Gasteiger charge is -2.26. The third-order valence-corrected chi connectivity index (χ3v) is 10.7. The number of benzene rings is 6. The topological polar surface area (TPSA) is 16.4 Å². The van der Waals surface area contributed by atoms with E-state index >= 15 is 0 Å². The summed E-state index contributed by atoms with van der Waals surface area (Å²) in [5.41, 5.74) is 13.9. The lowest BCUT2D eigenvalue weighted by Crippen LogP contribution is -2.15. The molecule has 6 aromatic carbocycles. The molecule has 7 aromatic rings. The van der Waals surface area contributed by atoms with E-state index in [9.17, 15) is 0 Å². The predicted molar refractivity (Wildman–Crippen MR) is 244 cm³/mol. The van der Waals surface area contributed by atoms with Crippen LogP contribution in [0.5, 0.6) is 0 Å². The van der Waals surface area contributed by atoms with Crippen LogP contribution in [0.1, 0.15) is 53.5 Å². The first-order valence-corrected chi connectivity index (χ1v) is 19.9. The monoisotopic (exact) mass is 737 g/mol. The van der Waals surface area contributed by atoms with Crippen LogP contribution in [0.25, 0.3) is 38.7 Å². The van der Waals surface area contributed by atoms with Gasteiger partial charge in [-0.25, -0.2) is 0 Å². The molecule has 2 nitrogen and oxygen atoms in total. The Labute approximate surface area is 337 Å². The van der Waals surface area contributed by atoms with Crippen molar-refractivity contribution in [3.63, 3.8) is 0 Å². The first-order valence-electron chi connectivity index (χ1n) is 19.9. The zero-order chi connectivity index (χ0) is 38.8. The van der Waals surface area contributed by atoms with Gasteiger partial charge >= 0.3 is 0 Å². The third-order valence-electron chi connectivity index (χ3n) is 10.7. The summed E-state index contributed by atoms with van der Waals surface area (Å²) in [7, 11) is 0. The lowest BCUT2D eigenvalue weighted by atomic mass is 9.81.